The minimum atomic E-state index is -0.337. The Bertz CT molecular complexity index is 636. The number of ether oxygens (including phenoxy) is 2. The summed E-state index contributed by atoms with van der Waals surface area (Å²) < 4.78 is 11.4. The molecule has 1 heterocycles. The van der Waals surface area contributed by atoms with E-state index >= 15 is 0 Å². The van der Waals surface area contributed by atoms with Crippen LogP contribution in [-0.4, -0.2) is 29.5 Å². The number of phenolic OH excluding ortho intramolecular Hbond substituents is 1. The molecule has 3 rings (SSSR count). The Kier molecular flexibility index (Phi) is 5.38. The maximum Gasteiger partial charge on any atom is 0.118 e. The lowest BCUT2D eigenvalue weighted by molar-refractivity contribution is -0.0998. The van der Waals surface area contributed by atoms with Gasteiger partial charge in [0.05, 0.1) is 25.4 Å². The number of aromatic hydroxyl groups is 1. The third-order valence-electron chi connectivity index (χ3n) is 4.56. The zero-order valence-electron chi connectivity index (χ0n) is 13.9. The van der Waals surface area contributed by atoms with Crippen LogP contribution in [0.2, 0.25) is 0 Å². The van der Waals surface area contributed by atoms with Crippen LogP contribution in [0.1, 0.15) is 36.5 Å². The molecule has 0 radical (unpaired) electrons. The lowest BCUT2D eigenvalue weighted by atomic mass is 9.93. The first-order valence-electron chi connectivity index (χ1n) is 8.39. The maximum absolute atomic E-state index is 10.2. The van der Waals surface area contributed by atoms with E-state index in [4.69, 9.17) is 9.47 Å². The number of benzene rings is 2. The minimum Gasteiger partial charge on any atom is -0.508 e. The zero-order valence-corrected chi connectivity index (χ0v) is 13.9. The molecule has 2 aromatic rings. The summed E-state index contributed by atoms with van der Waals surface area (Å²) in [5, 5.41) is 19.5. The van der Waals surface area contributed by atoms with Gasteiger partial charge in [0.2, 0.25) is 0 Å². The fourth-order valence-corrected chi connectivity index (χ4v) is 3.20. The second-order valence-electron chi connectivity index (χ2n) is 6.35. The highest BCUT2D eigenvalue weighted by Crippen LogP contribution is 2.33. The minimum absolute atomic E-state index is 0.0367. The third-order valence-corrected chi connectivity index (χ3v) is 4.56. The Morgan fingerprint density at radius 3 is 2.42 bits per heavy atom. The fourth-order valence-electron chi connectivity index (χ4n) is 3.20. The molecular formula is C20H24O4. The summed E-state index contributed by atoms with van der Waals surface area (Å²) in [6.07, 6.45) is 2.64. The van der Waals surface area contributed by atoms with E-state index in [0.29, 0.717) is 12.8 Å². The van der Waals surface area contributed by atoms with Crippen LogP contribution in [0.15, 0.2) is 48.5 Å². The van der Waals surface area contributed by atoms with Gasteiger partial charge in [-0.1, -0.05) is 24.3 Å². The second-order valence-corrected chi connectivity index (χ2v) is 6.35. The van der Waals surface area contributed by atoms with Gasteiger partial charge in [0.1, 0.15) is 11.5 Å². The summed E-state index contributed by atoms with van der Waals surface area (Å²) >= 11 is 0. The van der Waals surface area contributed by atoms with Crippen LogP contribution in [0.4, 0.5) is 0 Å². The molecule has 0 amide bonds. The van der Waals surface area contributed by atoms with Gasteiger partial charge in [0.15, 0.2) is 0 Å². The Balaban J connectivity index is 1.61. The van der Waals surface area contributed by atoms with Crippen molar-refractivity contribution in [2.75, 3.05) is 7.11 Å². The predicted molar refractivity (Wildman–Crippen MR) is 92.3 cm³/mol. The highest BCUT2D eigenvalue weighted by molar-refractivity contribution is 5.29. The molecule has 0 saturated carbocycles. The van der Waals surface area contributed by atoms with Crippen LogP contribution in [0, 0.1) is 0 Å². The zero-order chi connectivity index (χ0) is 16.9. The van der Waals surface area contributed by atoms with Gasteiger partial charge in [-0.05, 0) is 54.7 Å². The molecule has 3 atom stereocenters. The van der Waals surface area contributed by atoms with Gasteiger partial charge in [-0.25, -0.2) is 0 Å². The molecule has 128 valence electrons. The SMILES string of the molecule is COc1ccc([C@@H]2C[C@H](O)C[C@H](CCc3ccc(O)cc3)O2)cc1. The monoisotopic (exact) mass is 328 g/mol. The fraction of sp³-hybridized carbons (Fsp3) is 0.400. The molecule has 0 bridgehead atoms. The third kappa shape index (κ3) is 4.28. The summed E-state index contributed by atoms with van der Waals surface area (Å²) in [4.78, 5) is 0. The first kappa shape index (κ1) is 16.8. The van der Waals surface area contributed by atoms with Crippen LogP contribution in [0.3, 0.4) is 0 Å². The number of aliphatic hydroxyl groups excluding tert-OH is 1. The van der Waals surface area contributed by atoms with Gasteiger partial charge in [-0.3, -0.25) is 0 Å². The molecule has 0 aromatic heterocycles. The lowest BCUT2D eigenvalue weighted by Gasteiger charge is -2.33. The van der Waals surface area contributed by atoms with Crippen LogP contribution in [-0.2, 0) is 11.2 Å². The van der Waals surface area contributed by atoms with Crippen LogP contribution in [0.25, 0.3) is 0 Å². The van der Waals surface area contributed by atoms with E-state index in [1.54, 1.807) is 19.2 Å². The second kappa shape index (κ2) is 7.69. The average molecular weight is 328 g/mol. The summed E-state index contributed by atoms with van der Waals surface area (Å²) in [6.45, 7) is 0. The number of methoxy groups -OCH3 is 1. The Morgan fingerprint density at radius 2 is 1.75 bits per heavy atom. The molecule has 0 aliphatic carbocycles. The van der Waals surface area contributed by atoms with Crippen molar-refractivity contribution in [2.24, 2.45) is 0 Å². The molecule has 24 heavy (non-hydrogen) atoms. The van der Waals surface area contributed by atoms with Gasteiger partial charge in [0, 0.05) is 6.42 Å². The molecule has 4 nitrogen and oxygen atoms in total. The van der Waals surface area contributed by atoms with Gasteiger partial charge >= 0.3 is 0 Å². The molecule has 1 aliphatic heterocycles. The van der Waals surface area contributed by atoms with Crippen molar-refractivity contribution in [3.05, 3.63) is 59.7 Å². The number of aliphatic hydroxyl groups is 1. The van der Waals surface area contributed by atoms with Crippen LogP contribution < -0.4 is 4.74 Å². The van der Waals surface area contributed by atoms with Crippen LogP contribution >= 0.6 is 0 Å². The van der Waals surface area contributed by atoms with E-state index in [-0.39, 0.29) is 24.1 Å². The molecule has 1 aliphatic rings. The summed E-state index contributed by atoms with van der Waals surface area (Å²) in [5.74, 6) is 1.10. The van der Waals surface area contributed by atoms with Crippen molar-refractivity contribution in [3.8, 4) is 11.5 Å². The normalized spacial score (nSPS) is 23.8. The van der Waals surface area contributed by atoms with Gasteiger partial charge < -0.3 is 19.7 Å². The molecule has 1 saturated heterocycles. The molecular weight excluding hydrogens is 304 g/mol. The molecule has 4 heteroatoms. The lowest BCUT2D eigenvalue weighted by Crippen LogP contribution is -2.31. The van der Waals surface area contributed by atoms with E-state index in [2.05, 4.69) is 0 Å². The standard InChI is InChI=1S/C20H24O4/c1-23-18-10-5-15(6-11-18)20-13-17(22)12-19(24-20)9-4-14-2-7-16(21)8-3-14/h2-3,5-8,10-11,17,19-22H,4,9,12-13H2,1H3/t17-,19+,20+/m1/s1. The van der Waals surface area contributed by atoms with Gasteiger partial charge in [0.25, 0.3) is 0 Å². The average Bonchev–Trinajstić information content (AvgIpc) is 2.61. The van der Waals surface area contributed by atoms with E-state index in [1.807, 2.05) is 36.4 Å². The van der Waals surface area contributed by atoms with Crippen molar-refractivity contribution in [2.45, 2.75) is 44.0 Å². The van der Waals surface area contributed by atoms with Crippen molar-refractivity contribution in [1.82, 2.24) is 0 Å². The quantitative estimate of drug-likeness (QED) is 0.880. The van der Waals surface area contributed by atoms with Crippen LogP contribution in [0.5, 0.6) is 11.5 Å². The van der Waals surface area contributed by atoms with E-state index in [9.17, 15) is 10.2 Å². The molecule has 1 fully saturated rings. The Hall–Kier alpha value is -2.04. The molecule has 2 N–H and O–H groups in total. The van der Waals surface area contributed by atoms with Crippen molar-refractivity contribution in [1.29, 1.82) is 0 Å². The Morgan fingerprint density at radius 1 is 1.04 bits per heavy atom. The van der Waals surface area contributed by atoms with Crippen molar-refractivity contribution in [3.63, 3.8) is 0 Å². The molecule has 0 unspecified atom stereocenters. The van der Waals surface area contributed by atoms with Crippen molar-refractivity contribution >= 4 is 0 Å². The molecule has 2 aromatic carbocycles. The Labute approximate surface area is 142 Å². The largest absolute Gasteiger partial charge is 0.508 e. The van der Waals surface area contributed by atoms with E-state index in [1.165, 1.54) is 0 Å². The van der Waals surface area contributed by atoms with Gasteiger partial charge in [-0.2, -0.15) is 0 Å². The smallest absolute Gasteiger partial charge is 0.118 e. The number of phenols is 1. The first-order valence-corrected chi connectivity index (χ1v) is 8.39. The number of hydrogen-bond donors (Lipinski definition) is 2. The summed E-state index contributed by atoms with van der Waals surface area (Å²) in [5.41, 5.74) is 2.24. The topological polar surface area (TPSA) is 58.9 Å². The summed E-state index contributed by atoms with van der Waals surface area (Å²) in [6, 6.07) is 15.1. The van der Waals surface area contributed by atoms with Crippen molar-refractivity contribution < 1.29 is 19.7 Å². The number of aryl methyl sites for hydroxylation is 1. The molecule has 0 spiro atoms. The number of rotatable bonds is 5. The summed E-state index contributed by atoms with van der Waals surface area (Å²) in [7, 11) is 1.65. The van der Waals surface area contributed by atoms with Gasteiger partial charge in [-0.15, -0.1) is 0 Å². The maximum atomic E-state index is 10.2. The predicted octanol–water partition coefficient (Wildman–Crippen LogP) is 3.61. The first-order chi connectivity index (χ1) is 11.6. The highest BCUT2D eigenvalue weighted by atomic mass is 16.5. The van der Waals surface area contributed by atoms with E-state index < -0.39 is 0 Å². The number of hydrogen-bond acceptors (Lipinski definition) is 4. The van der Waals surface area contributed by atoms with E-state index in [0.717, 1.165) is 29.7 Å². The highest BCUT2D eigenvalue weighted by Gasteiger charge is 2.29.